The van der Waals surface area contributed by atoms with Crippen molar-refractivity contribution in [3.05, 3.63) is 65.5 Å². The zero-order chi connectivity index (χ0) is 19.2. The van der Waals surface area contributed by atoms with Gasteiger partial charge in [-0.15, -0.1) is 0 Å². The molecule has 27 heavy (non-hydrogen) atoms. The van der Waals surface area contributed by atoms with Crippen LogP contribution in [0.5, 0.6) is 0 Å². The van der Waals surface area contributed by atoms with Crippen molar-refractivity contribution >= 4 is 16.7 Å². The first-order chi connectivity index (χ1) is 12.8. The van der Waals surface area contributed by atoms with Crippen LogP contribution in [0.2, 0.25) is 0 Å². The molecule has 0 spiro atoms. The molecule has 1 aromatic heterocycles. The molecule has 1 heterocycles. The normalized spacial score (nSPS) is 15.7. The van der Waals surface area contributed by atoms with Gasteiger partial charge in [-0.25, -0.2) is 0 Å². The number of carbonyl (C=O) groups is 1. The van der Waals surface area contributed by atoms with E-state index in [0.717, 1.165) is 11.3 Å². The molecule has 2 aromatic carbocycles. The number of nitrogens with one attached hydrogen (secondary N) is 1. The maximum absolute atomic E-state index is 13.1. The Morgan fingerprint density at radius 1 is 1.15 bits per heavy atom. The van der Waals surface area contributed by atoms with Gasteiger partial charge in [0, 0.05) is 5.92 Å². The predicted molar refractivity (Wildman–Crippen MR) is 109 cm³/mol. The van der Waals surface area contributed by atoms with Gasteiger partial charge in [-0.05, 0) is 62.9 Å². The topological polar surface area (TPSA) is 46.9 Å². The Hall–Kier alpha value is -2.62. The lowest BCUT2D eigenvalue weighted by molar-refractivity contribution is 0.0921. The summed E-state index contributed by atoms with van der Waals surface area (Å²) >= 11 is 0. The molecular formula is C23H27N3O. The number of hydrogen-bond acceptors (Lipinski definition) is 2. The fourth-order valence-corrected chi connectivity index (χ4v) is 3.63. The number of nitrogens with zero attached hydrogens (tertiary/aromatic N) is 2. The fraction of sp³-hybridized carbons (Fsp3) is 0.391. The minimum Gasteiger partial charge on any atom is -0.344 e. The van der Waals surface area contributed by atoms with Crippen LogP contribution in [0.1, 0.15) is 74.2 Å². The Kier molecular flexibility index (Phi) is 4.29. The van der Waals surface area contributed by atoms with E-state index in [4.69, 9.17) is 5.10 Å². The van der Waals surface area contributed by atoms with Gasteiger partial charge in [0.15, 0.2) is 0 Å². The maximum Gasteiger partial charge on any atom is 0.270 e. The Morgan fingerprint density at radius 3 is 2.56 bits per heavy atom. The summed E-state index contributed by atoms with van der Waals surface area (Å²) < 4.78 is 1.88. The Bertz CT molecular complexity index is 987. The Labute approximate surface area is 160 Å². The summed E-state index contributed by atoms with van der Waals surface area (Å²) in [5.41, 5.74) is 2.60. The first-order valence-electron chi connectivity index (χ1n) is 9.73. The molecule has 0 aliphatic heterocycles. The summed E-state index contributed by atoms with van der Waals surface area (Å²) in [6, 6.07) is 16.4. The number of fused-ring (bicyclic) bond motifs is 1. The average molecular weight is 361 g/mol. The molecule has 0 saturated heterocycles. The summed E-state index contributed by atoms with van der Waals surface area (Å²) in [6.07, 6.45) is 2.35. The third-order valence-electron chi connectivity index (χ3n) is 5.23. The zero-order valence-corrected chi connectivity index (χ0v) is 16.5. The van der Waals surface area contributed by atoms with Gasteiger partial charge in [-0.3, -0.25) is 9.48 Å². The molecule has 1 saturated carbocycles. The molecule has 1 aliphatic carbocycles. The molecular weight excluding hydrogens is 334 g/mol. The number of aromatic nitrogens is 2. The predicted octanol–water partition coefficient (Wildman–Crippen LogP) is 5.16. The largest absolute Gasteiger partial charge is 0.344 e. The van der Waals surface area contributed by atoms with Crippen LogP contribution in [0.15, 0.2) is 48.5 Å². The molecule has 3 aromatic rings. The second kappa shape index (κ2) is 6.52. The molecule has 4 rings (SSSR count). The van der Waals surface area contributed by atoms with Gasteiger partial charge in [0.2, 0.25) is 0 Å². The summed E-state index contributed by atoms with van der Waals surface area (Å²) in [4.78, 5) is 13.1. The quantitative estimate of drug-likeness (QED) is 0.698. The summed E-state index contributed by atoms with van der Waals surface area (Å²) in [6.45, 7) is 8.30. The van der Waals surface area contributed by atoms with Crippen LogP contribution in [0.25, 0.3) is 10.8 Å². The van der Waals surface area contributed by atoms with Gasteiger partial charge in [0.1, 0.15) is 5.69 Å². The zero-order valence-electron chi connectivity index (χ0n) is 16.5. The van der Waals surface area contributed by atoms with Crippen LogP contribution in [-0.2, 0) is 5.54 Å². The van der Waals surface area contributed by atoms with Gasteiger partial charge in [-0.1, -0.05) is 42.5 Å². The van der Waals surface area contributed by atoms with Crippen LogP contribution in [0.4, 0.5) is 0 Å². The second-order valence-corrected chi connectivity index (χ2v) is 8.57. The molecule has 1 N–H and O–H groups in total. The summed E-state index contributed by atoms with van der Waals surface area (Å²) in [5, 5.41) is 10.3. The van der Waals surface area contributed by atoms with Gasteiger partial charge < -0.3 is 5.32 Å². The maximum atomic E-state index is 13.1. The average Bonchev–Trinajstić information content (AvgIpc) is 3.37. The van der Waals surface area contributed by atoms with Crippen molar-refractivity contribution in [2.24, 2.45) is 0 Å². The van der Waals surface area contributed by atoms with Gasteiger partial charge >= 0.3 is 0 Å². The monoisotopic (exact) mass is 361 g/mol. The lowest BCUT2D eigenvalue weighted by Gasteiger charge is -2.23. The number of amides is 1. The molecule has 0 bridgehead atoms. The van der Waals surface area contributed by atoms with Crippen LogP contribution in [0.3, 0.4) is 0 Å². The van der Waals surface area contributed by atoms with Crippen molar-refractivity contribution in [3.8, 4) is 0 Å². The smallest absolute Gasteiger partial charge is 0.270 e. The summed E-state index contributed by atoms with van der Waals surface area (Å²) in [5.74, 6) is 0.459. The van der Waals surface area contributed by atoms with E-state index in [0.29, 0.717) is 11.6 Å². The van der Waals surface area contributed by atoms with E-state index < -0.39 is 0 Å². The second-order valence-electron chi connectivity index (χ2n) is 8.57. The first-order valence-corrected chi connectivity index (χ1v) is 9.73. The Balaban J connectivity index is 1.64. The van der Waals surface area contributed by atoms with Crippen molar-refractivity contribution in [1.82, 2.24) is 15.1 Å². The highest BCUT2D eigenvalue weighted by molar-refractivity contribution is 5.94. The molecule has 4 nitrogen and oxygen atoms in total. The van der Waals surface area contributed by atoms with Gasteiger partial charge in [0.25, 0.3) is 5.91 Å². The van der Waals surface area contributed by atoms with Crippen molar-refractivity contribution in [1.29, 1.82) is 0 Å². The Morgan fingerprint density at radius 2 is 1.85 bits per heavy atom. The minimum absolute atomic E-state index is 0.0650. The lowest BCUT2D eigenvalue weighted by Crippen LogP contribution is -2.33. The third-order valence-corrected chi connectivity index (χ3v) is 5.23. The molecule has 140 valence electrons. The number of benzene rings is 2. The molecule has 1 atom stereocenters. The van der Waals surface area contributed by atoms with Gasteiger partial charge in [-0.2, -0.15) is 5.10 Å². The van der Waals surface area contributed by atoms with Crippen molar-refractivity contribution < 1.29 is 4.79 Å². The van der Waals surface area contributed by atoms with E-state index >= 15 is 0 Å². The number of hydrogen-bond donors (Lipinski definition) is 1. The molecule has 1 amide bonds. The van der Waals surface area contributed by atoms with E-state index in [1.165, 1.54) is 23.6 Å². The highest BCUT2D eigenvalue weighted by atomic mass is 16.2. The SMILES string of the molecule is CC(NC(=O)c1cc(C2CC2)nn1C(C)(C)C)c1cccc2ccccc12. The van der Waals surface area contributed by atoms with Crippen molar-refractivity contribution in [2.75, 3.05) is 0 Å². The van der Waals surface area contributed by atoms with Crippen LogP contribution in [-0.4, -0.2) is 15.7 Å². The highest BCUT2D eigenvalue weighted by Crippen LogP contribution is 2.40. The van der Waals surface area contributed by atoms with Crippen molar-refractivity contribution in [3.63, 3.8) is 0 Å². The van der Waals surface area contributed by atoms with E-state index in [1.54, 1.807) is 0 Å². The van der Waals surface area contributed by atoms with Crippen molar-refractivity contribution in [2.45, 2.75) is 58.0 Å². The molecule has 1 unspecified atom stereocenters. The fourth-order valence-electron chi connectivity index (χ4n) is 3.63. The minimum atomic E-state index is -0.234. The summed E-state index contributed by atoms with van der Waals surface area (Å²) in [7, 11) is 0. The number of carbonyl (C=O) groups excluding carboxylic acids is 1. The molecule has 1 aliphatic rings. The lowest BCUT2D eigenvalue weighted by atomic mass is 9.99. The van der Waals surface area contributed by atoms with Crippen LogP contribution >= 0.6 is 0 Å². The molecule has 4 heteroatoms. The van der Waals surface area contributed by atoms with E-state index in [2.05, 4.69) is 50.4 Å². The van der Waals surface area contributed by atoms with Crippen LogP contribution < -0.4 is 5.32 Å². The molecule has 0 radical (unpaired) electrons. The standard InChI is InChI=1S/C23H27N3O/c1-15(18-11-7-9-16-8-5-6-10-19(16)18)24-22(27)21-14-20(17-12-13-17)25-26(21)23(2,3)4/h5-11,14-15,17H,12-13H2,1-4H3,(H,24,27). The van der Waals surface area contributed by atoms with Gasteiger partial charge in [0.05, 0.1) is 17.3 Å². The van der Waals surface area contributed by atoms with E-state index in [1.807, 2.05) is 35.9 Å². The van der Waals surface area contributed by atoms with E-state index in [-0.39, 0.29) is 17.5 Å². The third kappa shape index (κ3) is 3.48. The molecule has 1 fully saturated rings. The van der Waals surface area contributed by atoms with Crippen LogP contribution in [0, 0.1) is 0 Å². The highest BCUT2D eigenvalue weighted by Gasteiger charge is 2.31. The first kappa shape index (κ1) is 17.8. The van der Waals surface area contributed by atoms with E-state index in [9.17, 15) is 4.79 Å². The number of rotatable bonds is 4.